The minimum Gasteiger partial charge on any atom is -0.481 e. The van der Waals surface area contributed by atoms with E-state index in [1.165, 1.54) is 0 Å². The van der Waals surface area contributed by atoms with Gasteiger partial charge in [-0.15, -0.1) is 0 Å². The fraction of sp³-hybridized carbons (Fsp3) is 0.889. The number of carboxylic acids is 2. The van der Waals surface area contributed by atoms with Gasteiger partial charge in [-0.3, -0.25) is 9.59 Å². The van der Waals surface area contributed by atoms with E-state index in [9.17, 15) is 9.59 Å². The number of hydrogen-bond donors (Lipinski definition) is 5. The van der Waals surface area contributed by atoms with Gasteiger partial charge < -0.3 is 112 Å². The van der Waals surface area contributed by atoms with E-state index >= 15 is 0 Å². The molecule has 0 aliphatic rings. The van der Waals surface area contributed by atoms with Crippen LogP contribution in [0.25, 0.3) is 0 Å². The van der Waals surface area contributed by atoms with Crippen LogP contribution in [-0.2, 0) is 90.1 Å². The number of carbonyl (C=O) groups is 2. The molecule has 428 valence electrons. The Kier molecular flexibility index (Phi) is 52.2. The SMILES string of the molecule is NCCOCCOc1nc(NCCOCCOCCOCCOCCOCCOCCOCCOCCC(=O)O)nc(NCCOCCOCCOCCOCCOCCOCCOCCOCCC(=O)O)n1. The summed E-state index contributed by atoms with van der Waals surface area (Å²) in [5.74, 6) is -1.14. The Balaban J connectivity index is 1.98. The lowest BCUT2D eigenvalue weighted by Gasteiger charge is -2.12. The smallest absolute Gasteiger partial charge is 0.323 e. The molecule has 28 nitrogen and oxygen atoms in total. The van der Waals surface area contributed by atoms with E-state index in [1.807, 2.05) is 0 Å². The summed E-state index contributed by atoms with van der Waals surface area (Å²) in [6.07, 6.45) is -0.0352. The summed E-state index contributed by atoms with van der Waals surface area (Å²) in [5.41, 5.74) is 5.48. The summed E-state index contributed by atoms with van der Waals surface area (Å²) in [6, 6.07) is 0.134. The predicted molar refractivity (Wildman–Crippen MR) is 260 cm³/mol. The zero-order valence-electron chi connectivity index (χ0n) is 42.8. The van der Waals surface area contributed by atoms with Gasteiger partial charge in [0.05, 0.1) is 237 Å². The van der Waals surface area contributed by atoms with Crippen molar-refractivity contribution in [1.82, 2.24) is 15.0 Å². The third-order valence-electron chi connectivity index (χ3n) is 8.52. The van der Waals surface area contributed by atoms with E-state index in [1.54, 1.807) is 0 Å². The minimum absolute atomic E-state index is 0.0176. The quantitative estimate of drug-likeness (QED) is 0.0502. The highest BCUT2D eigenvalue weighted by atomic mass is 16.6. The van der Waals surface area contributed by atoms with Crippen molar-refractivity contribution >= 4 is 23.8 Å². The van der Waals surface area contributed by atoms with Crippen molar-refractivity contribution in [3.8, 4) is 6.01 Å². The number of anilines is 2. The van der Waals surface area contributed by atoms with E-state index in [4.69, 9.17) is 101 Å². The molecule has 0 aromatic carbocycles. The van der Waals surface area contributed by atoms with Crippen molar-refractivity contribution in [2.45, 2.75) is 12.8 Å². The van der Waals surface area contributed by atoms with Gasteiger partial charge in [0.2, 0.25) is 11.9 Å². The molecule has 0 fully saturated rings. The first-order chi connectivity index (χ1) is 36.0. The second-order valence-corrected chi connectivity index (χ2v) is 14.5. The topological polar surface area (TPSA) is 329 Å². The number of ether oxygens (including phenoxy) is 18. The summed E-state index contributed by atoms with van der Waals surface area (Å²) in [7, 11) is 0. The van der Waals surface area contributed by atoms with E-state index in [0.29, 0.717) is 243 Å². The molecule has 73 heavy (non-hydrogen) atoms. The summed E-state index contributed by atoms with van der Waals surface area (Å²) < 4.78 is 98.3. The van der Waals surface area contributed by atoms with Crippen molar-refractivity contribution in [1.29, 1.82) is 0 Å². The lowest BCUT2D eigenvalue weighted by Crippen LogP contribution is -2.19. The van der Waals surface area contributed by atoms with E-state index in [-0.39, 0.29) is 38.7 Å². The number of aromatic nitrogens is 3. The molecule has 1 aromatic rings. The molecule has 0 saturated heterocycles. The van der Waals surface area contributed by atoms with Crippen molar-refractivity contribution in [3.05, 3.63) is 0 Å². The minimum atomic E-state index is -0.886. The van der Waals surface area contributed by atoms with Crippen LogP contribution >= 0.6 is 0 Å². The Labute approximate surface area is 429 Å². The van der Waals surface area contributed by atoms with Crippen molar-refractivity contribution < 1.29 is 105 Å². The fourth-order valence-corrected chi connectivity index (χ4v) is 5.03. The zero-order valence-corrected chi connectivity index (χ0v) is 42.8. The van der Waals surface area contributed by atoms with Gasteiger partial charge in [0.1, 0.15) is 6.61 Å². The highest BCUT2D eigenvalue weighted by molar-refractivity contribution is 5.67. The number of aliphatic carboxylic acids is 2. The van der Waals surface area contributed by atoms with Crippen LogP contribution in [0.2, 0.25) is 0 Å². The third kappa shape index (κ3) is 53.3. The normalized spacial score (nSPS) is 11.4. The highest BCUT2D eigenvalue weighted by Crippen LogP contribution is 2.11. The summed E-state index contributed by atoms with van der Waals surface area (Å²) in [6.45, 7) is 15.4. The third-order valence-corrected chi connectivity index (χ3v) is 8.52. The average Bonchev–Trinajstić information content (AvgIpc) is 3.38. The number of nitrogens with one attached hydrogen (secondary N) is 2. The molecule has 28 heteroatoms. The Morgan fingerprint density at radius 2 is 0.534 bits per heavy atom. The molecule has 0 saturated carbocycles. The molecule has 0 aliphatic carbocycles. The maximum Gasteiger partial charge on any atom is 0.323 e. The molecule has 6 N–H and O–H groups in total. The molecule has 1 aromatic heterocycles. The number of rotatable bonds is 62. The summed E-state index contributed by atoms with van der Waals surface area (Å²) in [5, 5.41) is 23.3. The summed E-state index contributed by atoms with van der Waals surface area (Å²) >= 11 is 0. The first-order valence-electron chi connectivity index (χ1n) is 24.8. The number of nitrogens with two attached hydrogens (primary N) is 1. The van der Waals surface area contributed by atoms with Gasteiger partial charge in [0, 0.05) is 19.6 Å². The van der Waals surface area contributed by atoms with E-state index in [0.717, 1.165) is 0 Å². The maximum absolute atomic E-state index is 10.4. The Morgan fingerprint density at radius 3 is 0.781 bits per heavy atom. The van der Waals surface area contributed by atoms with Gasteiger partial charge in [-0.2, -0.15) is 15.0 Å². The van der Waals surface area contributed by atoms with Crippen LogP contribution in [0.5, 0.6) is 6.01 Å². The van der Waals surface area contributed by atoms with Crippen molar-refractivity contribution in [2.75, 3.05) is 262 Å². The van der Waals surface area contributed by atoms with E-state index < -0.39 is 11.9 Å². The molecule has 1 heterocycles. The number of carboxylic acid groups (broad SMARTS) is 2. The Hall–Kier alpha value is -3.37. The lowest BCUT2D eigenvalue weighted by molar-refractivity contribution is -0.139. The first-order valence-corrected chi connectivity index (χ1v) is 24.8. The largest absolute Gasteiger partial charge is 0.481 e. The van der Waals surface area contributed by atoms with Gasteiger partial charge in [0.15, 0.2) is 0 Å². The van der Waals surface area contributed by atoms with Gasteiger partial charge in [-0.1, -0.05) is 0 Å². The first kappa shape index (κ1) is 67.6. The molecule has 0 amide bonds. The van der Waals surface area contributed by atoms with Crippen LogP contribution in [0.3, 0.4) is 0 Å². The molecular weight excluding hydrogens is 977 g/mol. The standard InChI is InChI=1S/C45H86N6O22/c46-3-8-58-39-40-73-45-50-43(47-4-9-59-13-17-63-21-25-67-29-33-71-37-35-69-31-27-65-23-19-61-15-11-56-6-1-41(52)53)49-44(51-45)48-5-10-60-14-18-64-22-26-68-30-34-72-38-36-70-32-28-66-24-20-62-16-12-57-7-2-42(54)55/h1-40,46H2,(H,52,53)(H,54,55)(H2,47,48,49,50,51). The van der Waals surface area contributed by atoms with Crippen LogP contribution < -0.4 is 21.1 Å². The van der Waals surface area contributed by atoms with Crippen LogP contribution in [-0.4, -0.2) is 288 Å². The van der Waals surface area contributed by atoms with Gasteiger partial charge in [-0.25, -0.2) is 0 Å². The Bertz CT molecular complexity index is 1260. The van der Waals surface area contributed by atoms with Crippen LogP contribution in [0.15, 0.2) is 0 Å². The molecular formula is C45H86N6O22. The molecule has 0 atom stereocenters. The monoisotopic (exact) mass is 1060 g/mol. The van der Waals surface area contributed by atoms with Crippen LogP contribution in [0.1, 0.15) is 12.8 Å². The van der Waals surface area contributed by atoms with Gasteiger partial charge in [-0.05, 0) is 0 Å². The second-order valence-electron chi connectivity index (χ2n) is 14.5. The maximum atomic E-state index is 10.4. The molecule has 0 aliphatic heterocycles. The van der Waals surface area contributed by atoms with Crippen molar-refractivity contribution in [3.63, 3.8) is 0 Å². The van der Waals surface area contributed by atoms with Gasteiger partial charge in [0.25, 0.3) is 0 Å². The molecule has 0 bridgehead atoms. The lowest BCUT2D eigenvalue weighted by atomic mass is 10.5. The molecule has 1 rings (SSSR count). The molecule has 0 spiro atoms. The number of hydrogen-bond acceptors (Lipinski definition) is 26. The van der Waals surface area contributed by atoms with Gasteiger partial charge >= 0.3 is 17.9 Å². The number of nitrogens with zero attached hydrogens (tertiary/aromatic N) is 3. The average molecular weight is 1060 g/mol. The molecule has 0 radical (unpaired) electrons. The Morgan fingerprint density at radius 1 is 0.315 bits per heavy atom. The second kappa shape index (κ2) is 56.4. The predicted octanol–water partition coefficient (Wildman–Crippen LogP) is -0.736. The van der Waals surface area contributed by atoms with E-state index in [2.05, 4.69) is 25.6 Å². The van der Waals surface area contributed by atoms with Crippen LogP contribution in [0, 0.1) is 0 Å². The fourth-order valence-electron chi connectivity index (χ4n) is 5.03. The summed E-state index contributed by atoms with van der Waals surface area (Å²) in [4.78, 5) is 33.9. The van der Waals surface area contributed by atoms with Crippen LogP contribution in [0.4, 0.5) is 11.9 Å². The molecule has 0 unspecified atom stereocenters. The highest BCUT2D eigenvalue weighted by Gasteiger charge is 2.09. The zero-order chi connectivity index (χ0) is 52.4. The van der Waals surface area contributed by atoms with Crippen molar-refractivity contribution in [2.24, 2.45) is 5.73 Å².